The van der Waals surface area contributed by atoms with Crippen molar-refractivity contribution in [1.29, 1.82) is 0 Å². The van der Waals surface area contributed by atoms with Gasteiger partial charge in [0.2, 0.25) is 0 Å². The van der Waals surface area contributed by atoms with Gasteiger partial charge < -0.3 is 57.2 Å². The Morgan fingerprint density at radius 2 is 0.542 bits per heavy atom. The van der Waals surface area contributed by atoms with Crippen molar-refractivity contribution in [3.05, 3.63) is 36.4 Å². The Balaban J connectivity index is 1.38. The van der Waals surface area contributed by atoms with E-state index in [1.165, 1.54) is 0 Å². The van der Waals surface area contributed by atoms with Crippen LogP contribution in [0.25, 0.3) is 11.4 Å². The molecule has 0 aromatic carbocycles. The van der Waals surface area contributed by atoms with Crippen LogP contribution in [0.3, 0.4) is 0 Å². The van der Waals surface area contributed by atoms with Crippen LogP contribution in [-0.2, 0) is 47.4 Å². The molecule has 2 aromatic heterocycles. The van der Waals surface area contributed by atoms with Crippen molar-refractivity contribution in [2.45, 2.75) is 0 Å². The number of anilines is 2. The lowest BCUT2D eigenvalue weighted by molar-refractivity contribution is -0.0116. The molecule has 2 saturated heterocycles. The smallest absolute Gasteiger partial charge is 0.129 e. The van der Waals surface area contributed by atoms with E-state index in [1.54, 1.807) is 0 Å². The summed E-state index contributed by atoms with van der Waals surface area (Å²) in [7, 11) is 0. The highest BCUT2D eigenvalue weighted by molar-refractivity contribution is 5.60. The minimum Gasteiger partial charge on any atom is -0.377 e. The lowest BCUT2D eigenvalue weighted by Gasteiger charge is -2.25. The van der Waals surface area contributed by atoms with E-state index < -0.39 is 0 Å². The molecule has 270 valence electrons. The van der Waals surface area contributed by atoms with Gasteiger partial charge in [0, 0.05) is 26.2 Å². The third kappa shape index (κ3) is 16.3. The Kier molecular flexibility index (Phi) is 20.3. The predicted molar refractivity (Wildman–Crippen MR) is 180 cm³/mol. The fraction of sp³-hybridized carbons (Fsp3) is 0.706. The lowest BCUT2D eigenvalue weighted by atomic mass is 10.2. The lowest BCUT2D eigenvalue weighted by Crippen LogP contribution is -2.32. The molecule has 0 saturated carbocycles. The van der Waals surface area contributed by atoms with E-state index in [4.69, 9.17) is 57.3 Å². The molecule has 0 unspecified atom stereocenters. The van der Waals surface area contributed by atoms with E-state index in [0.29, 0.717) is 158 Å². The Bertz CT molecular complexity index is 968. The van der Waals surface area contributed by atoms with Gasteiger partial charge in [0.1, 0.15) is 11.6 Å². The second-order valence-electron chi connectivity index (χ2n) is 10.9. The van der Waals surface area contributed by atoms with Gasteiger partial charge >= 0.3 is 0 Å². The normalized spacial score (nSPS) is 21.3. The molecule has 2 fully saturated rings. The second kappa shape index (κ2) is 25.5. The van der Waals surface area contributed by atoms with Crippen molar-refractivity contribution in [3.63, 3.8) is 0 Å². The number of rotatable bonds is 3. The largest absolute Gasteiger partial charge is 0.377 e. The molecule has 0 aliphatic carbocycles. The summed E-state index contributed by atoms with van der Waals surface area (Å²) in [5.41, 5.74) is 1.57. The third-order valence-electron chi connectivity index (χ3n) is 7.38. The number of pyridine rings is 2. The number of ether oxygens (including phenoxy) is 10. The van der Waals surface area contributed by atoms with Crippen LogP contribution >= 0.6 is 0 Å². The van der Waals surface area contributed by atoms with Crippen molar-refractivity contribution >= 4 is 11.6 Å². The molecule has 0 bridgehead atoms. The van der Waals surface area contributed by atoms with Gasteiger partial charge in [0.25, 0.3) is 0 Å². The zero-order chi connectivity index (χ0) is 33.2. The first-order valence-electron chi connectivity index (χ1n) is 17.1. The van der Waals surface area contributed by atoms with Crippen LogP contribution in [-0.4, -0.2) is 168 Å². The van der Waals surface area contributed by atoms with Crippen molar-refractivity contribution in [2.24, 2.45) is 0 Å². The molecule has 2 aliphatic heterocycles. The standard InChI is InChI=1S/C34H54N4O10/c1-3-31(35-33(5-1)37-7-11-39-15-19-43-23-27-47-28-24-44-20-16-40-12-8-37)32-4-2-6-34(36-32)38-9-13-41-17-21-45-25-29-48-30-26-46-22-18-42-14-10-38/h1-6H,7-30H2. The molecular formula is C34H54N4O10. The molecule has 0 atom stereocenters. The molecule has 0 spiro atoms. The quantitative estimate of drug-likeness (QED) is 0.470. The van der Waals surface area contributed by atoms with Gasteiger partial charge in [-0.25, -0.2) is 9.97 Å². The average molecular weight is 679 g/mol. The van der Waals surface area contributed by atoms with E-state index in [-0.39, 0.29) is 0 Å². The van der Waals surface area contributed by atoms with Gasteiger partial charge in [0.05, 0.1) is 144 Å². The fourth-order valence-electron chi connectivity index (χ4n) is 4.83. The number of hydrogen-bond acceptors (Lipinski definition) is 14. The molecule has 0 amide bonds. The van der Waals surface area contributed by atoms with Crippen LogP contribution in [0.15, 0.2) is 36.4 Å². The molecular weight excluding hydrogens is 624 g/mol. The molecule has 4 rings (SSSR count). The monoisotopic (exact) mass is 678 g/mol. The molecule has 14 nitrogen and oxygen atoms in total. The topological polar surface area (TPSA) is 125 Å². The van der Waals surface area contributed by atoms with Crippen LogP contribution in [0, 0.1) is 0 Å². The molecule has 2 aliphatic rings. The molecule has 4 heterocycles. The average Bonchev–Trinajstić information content (AvgIpc) is 3.11. The van der Waals surface area contributed by atoms with Crippen LogP contribution in [0.5, 0.6) is 0 Å². The van der Waals surface area contributed by atoms with Crippen molar-refractivity contribution in [2.75, 3.05) is 168 Å². The maximum atomic E-state index is 5.86. The first-order chi connectivity index (χ1) is 23.9. The van der Waals surface area contributed by atoms with E-state index >= 15 is 0 Å². The molecule has 48 heavy (non-hydrogen) atoms. The van der Waals surface area contributed by atoms with E-state index in [2.05, 4.69) is 9.80 Å². The summed E-state index contributed by atoms with van der Waals surface area (Å²) >= 11 is 0. The van der Waals surface area contributed by atoms with Crippen molar-refractivity contribution in [1.82, 2.24) is 9.97 Å². The second-order valence-corrected chi connectivity index (χ2v) is 10.9. The van der Waals surface area contributed by atoms with E-state index in [9.17, 15) is 0 Å². The Hall–Kier alpha value is -2.50. The molecule has 0 radical (unpaired) electrons. The summed E-state index contributed by atoms with van der Waals surface area (Å²) in [5, 5.41) is 0. The summed E-state index contributed by atoms with van der Waals surface area (Å²) < 4.78 is 56.8. The predicted octanol–water partition coefficient (Wildman–Crippen LogP) is 1.95. The highest BCUT2D eigenvalue weighted by atomic mass is 16.6. The van der Waals surface area contributed by atoms with Crippen LogP contribution in [0.2, 0.25) is 0 Å². The summed E-state index contributed by atoms with van der Waals surface area (Å²) in [6.45, 7) is 13.2. The van der Waals surface area contributed by atoms with Gasteiger partial charge in [-0.15, -0.1) is 0 Å². The summed E-state index contributed by atoms with van der Waals surface area (Å²) in [5.74, 6) is 1.67. The minimum atomic E-state index is 0.515. The van der Waals surface area contributed by atoms with Crippen LogP contribution < -0.4 is 9.80 Å². The van der Waals surface area contributed by atoms with Crippen LogP contribution in [0.1, 0.15) is 0 Å². The Labute approximate surface area is 284 Å². The number of aromatic nitrogens is 2. The zero-order valence-electron chi connectivity index (χ0n) is 28.3. The van der Waals surface area contributed by atoms with Gasteiger partial charge in [0.15, 0.2) is 0 Å². The Morgan fingerprint density at radius 3 is 0.792 bits per heavy atom. The number of nitrogens with zero attached hydrogens (tertiary/aromatic N) is 4. The van der Waals surface area contributed by atoms with Crippen molar-refractivity contribution in [3.8, 4) is 11.4 Å². The van der Waals surface area contributed by atoms with Crippen LogP contribution in [0.4, 0.5) is 11.6 Å². The van der Waals surface area contributed by atoms with Gasteiger partial charge in [-0.05, 0) is 24.3 Å². The zero-order valence-corrected chi connectivity index (χ0v) is 28.3. The number of hydrogen-bond donors (Lipinski definition) is 0. The molecule has 14 heteroatoms. The SMILES string of the molecule is c1cc(-c2cccc(N3CCOCCOCCOCCOCCOCC3)n2)nc(N2CCOCCOCCOCCOCCOCC2)c1. The highest BCUT2D eigenvalue weighted by Crippen LogP contribution is 2.22. The molecule has 2 aromatic rings. The molecule has 0 N–H and O–H groups in total. The minimum absolute atomic E-state index is 0.515. The maximum Gasteiger partial charge on any atom is 0.129 e. The summed E-state index contributed by atoms with van der Waals surface area (Å²) in [6, 6.07) is 12.0. The van der Waals surface area contributed by atoms with Gasteiger partial charge in [-0.3, -0.25) is 0 Å². The van der Waals surface area contributed by atoms with E-state index in [0.717, 1.165) is 23.0 Å². The Morgan fingerprint density at radius 1 is 0.312 bits per heavy atom. The maximum absolute atomic E-state index is 5.86. The van der Waals surface area contributed by atoms with E-state index in [1.807, 2.05) is 36.4 Å². The van der Waals surface area contributed by atoms with Gasteiger partial charge in [-0.1, -0.05) is 12.1 Å². The summed E-state index contributed by atoms with van der Waals surface area (Å²) in [6.07, 6.45) is 0. The summed E-state index contributed by atoms with van der Waals surface area (Å²) in [4.78, 5) is 14.4. The highest BCUT2D eigenvalue weighted by Gasteiger charge is 2.14. The fourth-order valence-corrected chi connectivity index (χ4v) is 4.83. The third-order valence-corrected chi connectivity index (χ3v) is 7.38. The first kappa shape index (κ1) is 38.3. The first-order valence-corrected chi connectivity index (χ1v) is 17.1. The van der Waals surface area contributed by atoms with Gasteiger partial charge in [-0.2, -0.15) is 0 Å². The van der Waals surface area contributed by atoms with Crippen molar-refractivity contribution < 1.29 is 47.4 Å².